The summed E-state index contributed by atoms with van der Waals surface area (Å²) in [6.07, 6.45) is 1.83. The van der Waals surface area contributed by atoms with Crippen molar-refractivity contribution in [1.29, 1.82) is 0 Å². The molecule has 2 saturated heterocycles. The van der Waals surface area contributed by atoms with Gasteiger partial charge >= 0.3 is 0 Å². The van der Waals surface area contributed by atoms with E-state index in [-0.39, 0.29) is 5.75 Å². The van der Waals surface area contributed by atoms with E-state index in [1.165, 1.54) is 0 Å². The Labute approximate surface area is 127 Å². The summed E-state index contributed by atoms with van der Waals surface area (Å²) in [5.74, 6) is 1.63. The van der Waals surface area contributed by atoms with Crippen LogP contribution in [-0.4, -0.2) is 82.8 Å². The van der Waals surface area contributed by atoms with Gasteiger partial charge in [-0.05, 0) is 12.8 Å². The van der Waals surface area contributed by atoms with Crippen LogP contribution in [0.5, 0.6) is 0 Å². The van der Waals surface area contributed by atoms with Gasteiger partial charge in [-0.3, -0.25) is 4.99 Å². The number of rotatable bonds is 5. The minimum absolute atomic E-state index is 0.281. The number of hydrogen-bond donors (Lipinski definition) is 1. The molecule has 0 amide bonds. The summed E-state index contributed by atoms with van der Waals surface area (Å²) >= 11 is 0. The zero-order valence-electron chi connectivity index (χ0n) is 12.9. The summed E-state index contributed by atoms with van der Waals surface area (Å²) in [4.78, 5) is 6.33. The second kappa shape index (κ2) is 7.42. The lowest BCUT2D eigenvalue weighted by Crippen LogP contribution is -2.44. The van der Waals surface area contributed by atoms with E-state index < -0.39 is 10.0 Å². The third-order valence-electron chi connectivity index (χ3n) is 3.98. The van der Waals surface area contributed by atoms with Crippen LogP contribution in [0.3, 0.4) is 0 Å². The average Bonchev–Trinajstić information content (AvgIpc) is 3.04. The molecule has 2 aliphatic rings. The smallest absolute Gasteiger partial charge is 0.214 e. The molecule has 0 bridgehead atoms. The highest BCUT2D eigenvalue weighted by Gasteiger charge is 2.27. The lowest BCUT2D eigenvalue weighted by atomic mass is 10.1. The summed E-state index contributed by atoms with van der Waals surface area (Å²) < 4.78 is 30.4. The fourth-order valence-corrected chi connectivity index (χ4v) is 4.35. The van der Waals surface area contributed by atoms with Crippen LogP contribution in [-0.2, 0) is 14.8 Å². The number of sulfonamides is 1. The molecule has 2 heterocycles. The number of aliphatic imine (C=N–C) groups is 1. The Morgan fingerprint density at radius 1 is 1.52 bits per heavy atom. The normalized spacial score (nSPS) is 26.2. The maximum atomic E-state index is 11.7. The number of hydrogen-bond acceptors (Lipinski definition) is 4. The van der Waals surface area contributed by atoms with Crippen molar-refractivity contribution < 1.29 is 13.2 Å². The fourth-order valence-electron chi connectivity index (χ4n) is 2.82. The minimum atomic E-state index is -3.01. The monoisotopic (exact) mass is 318 g/mol. The molecule has 0 aromatic carbocycles. The molecule has 122 valence electrons. The van der Waals surface area contributed by atoms with Crippen molar-refractivity contribution >= 4 is 16.0 Å². The van der Waals surface area contributed by atoms with Crippen molar-refractivity contribution in [2.75, 3.05) is 59.2 Å². The van der Waals surface area contributed by atoms with Crippen molar-refractivity contribution in [3.8, 4) is 0 Å². The Morgan fingerprint density at radius 3 is 2.90 bits per heavy atom. The van der Waals surface area contributed by atoms with Crippen LogP contribution in [0.2, 0.25) is 0 Å². The summed E-state index contributed by atoms with van der Waals surface area (Å²) in [5.41, 5.74) is 0. The van der Waals surface area contributed by atoms with E-state index in [1.807, 2.05) is 7.05 Å². The Kier molecular flexibility index (Phi) is 5.83. The van der Waals surface area contributed by atoms with E-state index in [2.05, 4.69) is 15.2 Å². The maximum Gasteiger partial charge on any atom is 0.214 e. The van der Waals surface area contributed by atoms with Crippen molar-refractivity contribution in [3.05, 3.63) is 0 Å². The van der Waals surface area contributed by atoms with E-state index in [0.29, 0.717) is 25.6 Å². The van der Waals surface area contributed by atoms with Crippen LogP contribution in [0.25, 0.3) is 0 Å². The number of ether oxygens (including phenoxy) is 1. The fraction of sp³-hybridized carbons (Fsp3) is 0.923. The first-order chi connectivity index (χ1) is 10.0. The molecule has 2 fully saturated rings. The molecule has 0 aliphatic carbocycles. The maximum absolute atomic E-state index is 11.7. The van der Waals surface area contributed by atoms with Crippen molar-refractivity contribution in [2.24, 2.45) is 10.9 Å². The predicted octanol–water partition coefficient (Wildman–Crippen LogP) is -0.434. The van der Waals surface area contributed by atoms with Gasteiger partial charge in [-0.25, -0.2) is 12.7 Å². The predicted molar refractivity (Wildman–Crippen MR) is 82.9 cm³/mol. The molecule has 1 unspecified atom stereocenters. The molecular weight excluding hydrogens is 292 g/mol. The lowest BCUT2D eigenvalue weighted by Gasteiger charge is -2.25. The van der Waals surface area contributed by atoms with Gasteiger partial charge in [0.05, 0.1) is 12.4 Å². The molecule has 0 aromatic heterocycles. The van der Waals surface area contributed by atoms with Gasteiger partial charge in [-0.1, -0.05) is 0 Å². The van der Waals surface area contributed by atoms with Gasteiger partial charge < -0.3 is 15.0 Å². The van der Waals surface area contributed by atoms with E-state index in [1.54, 1.807) is 11.4 Å². The molecule has 2 rings (SSSR count). The Morgan fingerprint density at radius 2 is 2.33 bits per heavy atom. The van der Waals surface area contributed by atoms with Gasteiger partial charge in [0, 0.05) is 52.8 Å². The molecule has 1 atom stereocenters. The quantitative estimate of drug-likeness (QED) is 0.550. The number of guanidine groups is 1. The summed E-state index contributed by atoms with van der Waals surface area (Å²) in [7, 11) is 0.740. The highest BCUT2D eigenvalue weighted by atomic mass is 32.2. The third-order valence-corrected chi connectivity index (χ3v) is 5.93. The van der Waals surface area contributed by atoms with Gasteiger partial charge in [0.15, 0.2) is 5.96 Å². The summed E-state index contributed by atoms with van der Waals surface area (Å²) in [6, 6.07) is 0. The van der Waals surface area contributed by atoms with Crippen LogP contribution < -0.4 is 5.32 Å². The van der Waals surface area contributed by atoms with Crippen LogP contribution >= 0.6 is 0 Å². The highest BCUT2D eigenvalue weighted by molar-refractivity contribution is 7.89. The average molecular weight is 318 g/mol. The van der Waals surface area contributed by atoms with Crippen molar-refractivity contribution in [3.63, 3.8) is 0 Å². The Hall–Kier alpha value is -0.860. The Balaban J connectivity index is 1.74. The molecule has 8 heteroatoms. The van der Waals surface area contributed by atoms with Crippen LogP contribution in [0, 0.1) is 5.92 Å². The second-order valence-electron chi connectivity index (χ2n) is 5.65. The molecule has 7 nitrogen and oxygen atoms in total. The van der Waals surface area contributed by atoms with Gasteiger partial charge in [0.1, 0.15) is 0 Å². The minimum Gasteiger partial charge on any atom is -0.381 e. The molecule has 0 aromatic rings. The van der Waals surface area contributed by atoms with Crippen molar-refractivity contribution in [1.82, 2.24) is 14.5 Å². The van der Waals surface area contributed by atoms with E-state index in [9.17, 15) is 8.42 Å². The first-order valence-electron chi connectivity index (χ1n) is 7.50. The SMILES string of the molecule is CN=C(NCCN1CCCS1(=O)=O)N(C)CC1CCOC1. The molecular formula is C13H26N4O3S. The molecule has 1 N–H and O–H groups in total. The van der Waals surface area contributed by atoms with E-state index in [4.69, 9.17) is 4.74 Å². The zero-order valence-corrected chi connectivity index (χ0v) is 13.7. The molecule has 0 radical (unpaired) electrons. The standard InChI is InChI=1S/C13H26N4O3S/c1-14-13(16(2)10-12-4-8-20-11-12)15-5-7-17-6-3-9-21(17,18)19/h12H,3-11H2,1-2H3,(H,14,15). The largest absolute Gasteiger partial charge is 0.381 e. The molecule has 21 heavy (non-hydrogen) atoms. The number of nitrogens with zero attached hydrogens (tertiary/aromatic N) is 3. The summed E-state index contributed by atoms with van der Waals surface area (Å²) in [5, 5.41) is 3.24. The third kappa shape index (κ3) is 4.55. The van der Waals surface area contributed by atoms with Crippen LogP contribution in [0.15, 0.2) is 4.99 Å². The summed E-state index contributed by atoms with van der Waals surface area (Å²) in [6.45, 7) is 4.28. The second-order valence-corrected chi connectivity index (χ2v) is 7.74. The van der Waals surface area contributed by atoms with Gasteiger partial charge in [-0.15, -0.1) is 0 Å². The van der Waals surface area contributed by atoms with E-state index >= 15 is 0 Å². The zero-order chi connectivity index (χ0) is 15.3. The highest BCUT2D eigenvalue weighted by Crippen LogP contribution is 2.13. The van der Waals surface area contributed by atoms with E-state index in [0.717, 1.165) is 38.6 Å². The van der Waals surface area contributed by atoms with Crippen LogP contribution in [0.1, 0.15) is 12.8 Å². The topological polar surface area (TPSA) is 74.2 Å². The van der Waals surface area contributed by atoms with Gasteiger partial charge in [0.25, 0.3) is 0 Å². The number of nitrogens with one attached hydrogen (secondary N) is 1. The van der Waals surface area contributed by atoms with Gasteiger partial charge in [-0.2, -0.15) is 0 Å². The van der Waals surface area contributed by atoms with Crippen LogP contribution in [0.4, 0.5) is 0 Å². The lowest BCUT2D eigenvalue weighted by molar-refractivity contribution is 0.181. The molecule has 2 aliphatic heterocycles. The first kappa shape index (κ1) is 16.5. The Bertz CT molecular complexity index is 460. The molecule has 0 spiro atoms. The van der Waals surface area contributed by atoms with Gasteiger partial charge in [0.2, 0.25) is 10.0 Å². The van der Waals surface area contributed by atoms with Crippen molar-refractivity contribution in [2.45, 2.75) is 12.8 Å². The molecule has 0 saturated carbocycles. The first-order valence-corrected chi connectivity index (χ1v) is 9.11.